The highest BCUT2D eigenvalue weighted by molar-refractivity contribution is 9.11. The molecule has 1 aromatic carbocycles. The Morgan fingerprint density at radius 3 is 2.57 bits per heavy atom. The molecule has 0 bridgehead atoms. The molecular formula is C15H15Br2N3O. The fourth-order valence-corrected chi connectivity index (χ4v) is 2.97. The molecule has 2 rings (SSSR count). The van der Waals surface area contributed by atoms with Gasteiger partial charge in [0.25, 0.3) is 5.91 Å². The minimum absolute atomic E-state index is 0.200. The van der Waals surface area contributed by atoms with Crippen LogP contribution < -0.4 is 10.6 Å². The van der Waals surface area contributed by atoms with E-state index < -0.39 is 0 Å². The van der Waals surface area contributed by atoms with Crippen molar-refractivity contribution in [2.75, 3.05) is 17.2 Å². The first-order valence-corrected chi connectivity index (χ1v) is 8.16. The summed E-state index contributed by atoms with van der Waals surface area (Å²) in [7, 11) is 0. The van der Waals surface area contributed by atoms with Gasteiger partial charge in [-0.1, -0.05) is 13.0 Å². The van der Waals surface area contributed by atoms with Gasteiger partial charge >= 0.3 is 0 Å². The molecule has 21 heavy (non-hydrogen) atoms. The van der Waals surface area contributed by atoms with Crippen LogP contribution in [-0.4, -0.2) is 17.4 Å². The smallest absolute Gasteiger partial charge is 0.259 e. The van der Waals surface area contributed by atoms with Crippen molar-refractivity contribution in [2.45, 2.75) is 13.3 Å². The van der Waals surface area contributed by atoms with Crippen LogP contribution in [0.1, 0.15) is 23.7 Å². The van der Waals surface area contributed by atoms with Crippen LogP contribution in [0.4, 0.5) is 11.5 Å². The van der Waals surface area contributed by atoms with E-state index in [-0.39, 0.29) is 5.91 Å². The number of benzene rings is 1. The summed E-state index contributed by atoms with van der Waals surface area (Å²) in [5, 5.41) is 6.06. The first-order chi connectivity index (χ1) is 10.1. The van der Waals surface area contributed by atoms with Gasteiger partial charge in [-0.25, -0.2) is 4.98 Å². The molecule has 2 N–H and O–H groups in total. The Balaban J connectivity index is 2.25. The van der Waals surface area contributed by atoms with E-state index in [0.717, 1.165) is 21.9 Å². The van der Waals surface area contributed by atoms with Crippen molar-refractivity contribution in [3.63, 3.8) is 0 Å². The van der Waals surface area contributed by atoms with E-state index in [2.05, 4.69) is 54.4 Å². The monoisotopic (exact) mass is 411 g/mol. The molecule has 0 aliphatic carbocycles. The summed E-state index contributed by atoms with van der Waals surface area (Å²) in [6, 6.07) is 9.15. The number of carbonyl (C=O) groups excluding carboxylic acids is 1. The largest absolute Gasteiger partial charge is 0.369 e. The Hall–Kier alpha value is -1.40. The Morgan fingerprint density at radius 2 is 1.90 bits per heavy atom. The lowest BCUT2D eigenvalue weighted by Gasteiger charge is -2.12. The van der Waals surface area contributed by atoms with Gasteiger partial charge in [-0.05, 0) is 62.5 Å². The lowest BCUT2D eigenvalue weighted by Crippen LogP contribution is -2.16. The summed E-state index contributed by atoms with van der Waals surface area (Å²) in [6.07, 6.45) is 2.64. The van der Waals surface area contributed by atoms with Crippen LogP contribution in [0.5, 0.6) is 0 Å². The van der Waals surface area contributed by atoms with Crippen molar-refractivity contribution in [3.8, 4) is 0 Å². The van der Waals surface area contributed by atoms with Crippen molar-refractivity contribution in [3.05, 3.63) is 51.0 Å². The van der Waals surface area contributed by atoms with Crippen molar-refractivity contribution in [1.29, 1.82) is 0 Å². The van der Waals surface area contributed by atoms with Crippen LogP contribution in [0.2, 0.25) is 0 Å². The molecule has 6 heteroatoms. The van der Waals surface area contributed by atoms with Gasteiger partial charge in [-0.3, -0.25) is 4.79 Å². The number of rotatable bonds is 5. The Labute approximate surface area is 140 Å². The Bertz CT molecular complexity index is 626. The lowest BCUT2D eigenvalue weighted by molar-refractivity contribution is 0.102. The number of pyridine rings is 1. The molecule has 0 saturated carbocycles. The number of halogens is 2. The summed E-state index contributed by atoms with van der Waals surface area (Å²) >= 11 is 6.87. The van der Waals surface area contributed by atoms with E-state index >= 15 is 0 Å². The second-order valence-electron chi connectivity index (χ2n) is 4.38. The van der Waals surface area contributed by atoms with Crippen LogP contribution in [0.3, 0.4) is 0 Å². The van der Waals surface area contributed by atoms with Gasteiger partial charge in [-0.2, -0.15) is 0 Å². The summed E-state index contributed by atoms with van der Waals surface area (Å²) in [4.78, 5) is 16.7. The number of nitrogens with one attached hydrogen (secondary N) is 2. The first-order valence-electron chi connectivity index (χ1n) is 6.57. The molecule has 0 atom stereocenters. The number of hydrogen-bond acceptors (Lipinski definition) is 3. The number of hydrogen-bond donors (Lipinski definition) is 2. The molecule has 1 amide bonds. The van der Waals surface area contributed by atoms with Crippen LogP contribution in [-0.2, 0) is 0 Å². The average molecular weight is 413 g/mol. The van der Waals surface area contributed by atoms with Crippen LogP contribution in [0, 0.1) is 0 Å². The van der Waals surface area contributed by atoms with Crippen LogP contribution >= 0.6 is 31.9 Å². The molecule has 0 fully saturated rings. The fraction of sp³-hybridized carbons (Fsp3) is 0.200. The highest BCUT2D eigenvalue weighted by Crippen LogP contribution is 2.31. The number of aromatic nitrogens is 1. The number of para-hydroxylation sites is 1. The maximum absolute atomic E-state index is 12.5. The highest BCUT2D eigenvalue weighted by Gasteiger charge is 2.14. The molecule has 1 heterocycles. The Morgan fingerprint density at radius 1 is 1.19 bits per heavy atom. The molecule has 0 aliphatic heterocycles. The topological polar surface area (TPSA) is 54.0 Å². The summed E-state index contributed by atoms with van der Waals surface area (Å²) in [5.41, 5.74) is 1.22. The van der Waals surface area contributed by atoms with Gasteiger partial charge in [0.1, 0.15) is 5.82 Å². The Kier molecular flexibility index (Phi) is 5.76. The highest BCUT2D eigenvalue weighted by atomic mass is 79.9. The van der Waals surface area contributed by atoms with E-state index in [1.165, 1.54) is 0 Å². The second kappa shape index (κ2) is 7.56. The van der Waals surface area contributed by atoms with E-state index in [0.29, 0.717) is 17.1 Å². The molecule has 0 aliphatic rings. The van der Waals surface area contributed by atoms with E-state index in [1.54, 1.807) is 18.3 Å². The number of anilines is 2. The van der Waals surface area contributed by atoms with Crippen LogP contribution in [0.25, 0.3) is 0 Å². The third-order valence-corrected chi connectivity index (χ3v) is 4.12. The molecule has 0 radical (unpaired) electrons. The summed E-state index contributed by atoms with van der Waals surface area (Å²) in [5.74, 6) is 0.398. The van der Waals surface area contributed by atoms with E-state index in [1.807, 2.05) is 18.2 Å². The number of amides is 1. The molecule has 1 aromatic heterocycles. The van der Waals surface area contributed by atoms with Gasteiger partial charge in [-0.15, -0.1) is 0 Å². The molecule has 2 aromatic rings. The third-order valence-electron chi connectivity index (χ3n) is 2.80. The molecule has 0 unspecified atom stereocenters. The van der Waals surface area contributed by atoms with Gasteiger partial charge in [0.05, 0.1) is 11.3 Å². The fourth-order valence-electron chi connectivity index (χ4n) is 1.77. The molecular weight excluding hydrogens is 398 g/mol. The standard InChI is InChI=1S/C15H15Br2N3O/c1-2-8-18-14-10(5-4-9-19-14)15(21)20-13-11(16)6-3-7-12(13)17/h3-7,9H,2,8H2,1H3,(H,18,19)(H,20,21). The minimum Gasteiger partial charge on any atom is -0.369 e. The quantitative estimate of drug-likeness (QED) is 0.749. The predicted molar refractivity (Wildman–Crippen MR) is 92.8 cm³/mol. The van der Waals surface area contributed by atoms with E-state index in [9.17, 15) is 4.79 Å². The van der Waals surface area contributed by atoms with Crippen molar-refractivity contribution >= 4 is 49.3 Å². The normalized spacial score (nSPS) is 10.2. The maximum Gasteiger partial charge on any atom is 0.259 e. The molecule has 110 valence electrons. The van der Waals surface area contributed by atoms with Gasteiger partial charge in [0, 0.05) is 21.7 Å². The van der Waals surface area contributed by atoms with Gasteiger partial charge < -0.3 is 10.6 Å². The predicted octanol–water partition coefficient (Wildman–Crippen LogP) is 4.68. The van der Waals surface area contributed by atoms with Gasteiger partial charge in [0.2, 0.25) is 0 Å². The van der Waals surface area contributed by atoms with Crippen molar-refractivity contribution < 1.29 is 4.79 Å². The maximum atomic E-state index is 12.5. The number of nitrogens with zero attached hydrogens (tertiary/aromatic N) is 1. The SMILES string of the molecule is CCCNc1ncccc1C(=O)Nc1c(Br)cccc1Br. The van der Waals surface area contributed by atoms with Crippen molar-refractivity contribution in [1.82, 2.24) is 4.98 Å². The minimum atomic E-state index is -0.200. The lowest BCUT2D eigenvalue weighted by atomic mass is 10.2. The number of carbonyl (C=O) groups is 1. The first kappa shape index (κ1) is 16.0. The van der Waals surface area contributed by atoms with Gasteiger partial charge in [0.15, 0.2) is 0 Å². The third kappa shape index (κ3) is 4.04. The molecule has 4 nitrogen and oxygen atoms in total. The average Bonchev–Trinajstić information content (AvgIpc) is 2.49. The zero-order chi connectivity index (χ0) is 15.2. The summed E-state index contributed by atoms with van der Waals surface area (Å²) in [6.45, 7) is 2.84. The summed E-state index contributed by atoms with van der Waals surface area (Å²) < 4.78 is 1.63. The van der Waals surface area contributed by atoms with E-state index in [4.69, 9.17) is 0 Å². The van der Waals surface area contributed by atoms with Crippen molar-refractivity contribution in [2.24, 2.45) is 0 Å². The second-order valence-corrected chi connectivity index (χ2v) is 6.09. The van der Waals surface area contributed by atoms with Crippen LogP contribution in [0.15, 0.2) is 45.5 Å². The molecule has 0 spiro atoms. The zero-order valence-electron chi connectivity index (χ0n) is 11.5. The zero-order valence-corrected chi connectivity index (χ0v) is 14.7. The molecule has 0 saturated heterocycles.